The van der Waals surface area contributed by atoms with E-state index in [0.717, 1.165) is 5.39 Å². The minimum Gasteiger partial charge on any atom is -0.508 e. The van der Waals surface area contributed by atoms with Crippen LogP contribution < -0.4 is 0 Å². The lowest BCUT2D eigenvalue weighted by atomic mass is 10.2. The number of benzene rings is 1. The lowest BCUT2D eigenvalue weighted by Crippen LogP contribution is -1.77. The van der Waals surface area contributed by atoms with Crippen molar-refractivity contribution < 1.29 is 13.9 Å². The van der Waals surface area contributed by atoms with Crippen LogP contribution in [-0.4, -0.2) is 5.11 Å². The second kappa shape index (κ2) is 2.76. The summed E-state index contributed by atoms with van der Waals surface area (Å²) < 4.78 is 18.0. The van der Waals surface area contributed by atoms with Crippen molar-refractivity contribution in [3.8, 4) is 5.75 Å². The van der Waals surface area contributed by atoms with Gasteiger partial charge in [-0.25, -0.2) is 4.39 Å². The quantitative estimate of drug-likeness (QED) is 0.731. The molecular weight excluding hydrogens is 171 g/mol. The molecule has 1 heterocycles. The zero-order valence-corrected chi connectivity index (χ0v) is 7.12. The monoisotopic (exact) mass is 180 g/mol. The van der Waals surface area contributed by atoms with E-state index in [9.17, 15) is 4.39 Å². The molecule has 1 aromatic heterocycles. The van der Waals surface area contributed by atoms with Crippen LogP contribution >= 0.6 is 0 Å². The molecular formula is C10H9FO2. The van der Waals surface area contributed by atoms with Gasteiger partial charge in [-0.1, -0.05) is 0 Å². The van der Waals surface area contributed by atoms with Gasteiger partial charge in [0.1, 0.15) is 17.1 Å². The number of phenols is 1. The molecule has 0 aliphatic rings. The average molecular weight is 180 g/mol. The number of phenolic OH excluding ortho intramolecular Hbond substituents is 1. The molecule has 1 aromatic carbocycles. The maximum absolute atomic E-state index is 12.8. The Morgan fingerprint density at radius 2 is 2.15 bits per heavy atom. The van der Waals surface area contributed by atoms with Gasteiger partial charge in [0.25, 0.3) is 0 Å². The van der Waals surface area contributed by atoms with Crippen LogP contribution in [-0.2, 0) is 0 Å². The Bertz CT molecular complexity index is 431. The summed E-state index contributed by atoms with van der Waals surface area (Å²) in [4.78, 5) is 0. The first-order valence-electron chi connectivity index (χ1n) is 4.03. The molecule has 0 spiro atoms. The summed E-state index contributed by atoms with van der Waals surface area (Å²) >= 11 is 0. The van der Waals surface area contributed by atoms with Crippen molar-refractivity contribution in [3.63, 3.8) is 0 Å². The van der Waals surface area contributed by atoms with E-state index in [1.165, 1.54) is 13.0 Å². The summed E-state index contributed by atoms with van der Waals surface area (Å²) in [6.07, 6.45) is -1.12. The van der Waals surface area contributed by atoms with Crippen molar-refractivity contribution >= 4 is 11.0 Å². The lowest BCUT2D eigenvalue weighted by Gasteiger charge is -1.92. The zero-order valence-electron chi connectivity index (χ0n) is 7.12. The molecule has 1 atom stereocenters. The molecule has 0 aliphatic carbocycles. The number of fused-ring (bicyclic) bond motifs is 1. The molecule has 2 aromatic rings. The summed E-state index contributed by atoms with van der Waals surface area (Å²) in [5.41, 5.74) is 0.595. The van der Waals surface area contributed by atoms with E-state index in [0.29, 0.717) is 11.3 Å². The van der Waals surface area contributed by atoms with Crippen LogP contribution in [0, 0.1) is 0 Å². The molecule has 0 fully saturated rings. The highest BCUT2D eigenvalue weighted by Crippen LogP contribution is 2.27. The van der Waals surface area contributed by atoms with Crippen LogP contribution in [0.25, 0.3) is 11.0 Å². The SMILES string of the molecule is CC(F)c1cc2cc(O)ccc2o1. The van der Waals surface area contributed by atoms with Gasteiger partial charge in [-0.05, 0) is 31.2 Å². The Kier molecular flexibility index (Phi) is 1.72. The van der Waals surface area contributed by atoms with Crippen LogP contribution in [0.4, 0.5) is 4.39 Å². The third kappa shape index (κ3) is 1.37. The molecule has 2 nitrogen and oxygen atoms in total. The van der Waals surface area contributed by atoms with Crippen molar-refractivity contribution in [2.24, 2.45) is 0 Å². The number of aromatic hydroxyl groups is 1. The first-order valence-corrected chi connectivity index (χ1v) is 4.03. The van der Waals surface area contributed by atoms with Gasteiger partial charge in [-0.2, -0.15) is 0 Å². The second-order valence-corrected chi connectivity index (χ2v) is 2.99. The Hall–Kier alpha value is -1.51. The smallest absolute Gasteiger partial charge is 0.155 e. The topological polar surface area (TPSA) is 33.4 Å². The van der Waals surface area contributed by atoms with Crippen molar-refractivity contribution in [1.82, 2.24) is 0 Å². The Labute approximate surface area is 74.6 Å². The van der Waals surface area contributed by atoms with Crippen molar-refractivity contribution in [3.05, 3.63) is 30.0 Å². The summed E-state index contributed by atoms with van der Waals surface area (Å²) in [7, 11) is 0. The van der Waals surface area contributed by atoms with Crippen LogP contribution in [0.1, 0.15) is 18.9 Å². The molecule has 1 unspecified atom stereocenters. The molecule has 1 N–H and O–H groups in total. The van der Waals surface area contributed by atoms with Gasteiger partial charge in [0.05, 0.1) is 0 Å². The first-order chi connectivity index (χ1) is 6.16. The van der Waals surface area contributed by atoms with Crippen LogP contribution in [0.5, 0.6) is 5.75 Å². The largest absolute Gasteiger partial charge is 0.508 e. The highest BCUT2D eigenvalue weighted by molar-refractivity contribution is 5.79. The number of rotatable bonds is 1. The van der Waals surface area contributed by atoms with Crippen molar-refractivity contribution in [2.75, 3.05) is 0 Å². The molecule has 68 valence electrons. The van der Waals surface area contributed by atoms with Gasteiger partial charge in [-0.3, -0.25) is 0 Å². The molecule has 0 saturated heterocycles. The molecule has 0 amide bonds. The van der Waals surface area contributed by atoms with Gasteiger partial charge in [-0.15, -0.1) is 0 Å². The number of halogens is 1. The fourth-order valence-corrected chi connectivity index (χ4v) is 1.25. The molecule has 0 saturated carbocycles. The van der Waals surface area contributed by atoms with Gasteiger partial charge in [0.2, 0.25) is 0 Å². The summed E-state index contributed by atoms with van der Waals surface area (Å²) in [5.74, 6) is 0.451. The van der Waals surface area contributed by atoms with Crippen LogP contribution in [0.15, 0.2) is 28.7 Å². The minimum absolute atomic E-state index is 0.159. The van der Waals surface area contributed by atoms with Gasteiger partial charge in [0.15, 0.2) is 6.17 Å². The van der Waals surface area contributed by atoms with Crippen molar-refractivity contribution in [2.45, 2.75) is 13.1 Å². The number of alkyl halides is 1. The van der Waals surface area contributed by atoms with Crippen molar-refractivity contribution in [1.29, 1.82) is 0 Å². The Morgan fingerprint density at radius 3 is 2.85 bits per heavy atom. The van der Waals surface area contributed by atoms with E-state index >= 15 is 0 Å². The van der Waals surface area contributed by atoms with E-state index in [4.69, 9.17) is 9.52 Å². The summed E-state index contributed by atoms with van der Waals surface area (Å²) in [6.45, 7) is 1.41. The maximum atomic E-state index is 12.8. The molecule has 0 bridgehead atoms. The number of hydrogen-bond acceptors (Lipinski definition) is 2. The van der Waals surface area contributed by atoms with Gasteiger partial charge < -0.3 is 9.52 Å². The normalized spacial score (nSPS) is 13.4. The molecule has 3 heteroatoms. The molecule has 0 aliphatic heterocycles. The van der Waals surface area contributed by atoms with E-state index in [1.54, 1.807) is 18.2 Å². The maximum Gasteiger partial charge on any atom is 0.155 e. The Balaban J connectivity index is 2.62. The lowest BCUT2D eigenvalue weighted by molar-refractivity contribution is 0.317. The van der Waals surface area contributed by atoms with E-state index < -0.39 is 6.17 Å². The fraction of sp³-hybridized carbons (Fsp3) is 0.200. The molecule has 0 radical (unpaired) electrons. The third-order valence-corrected chi connectivity index (χ3v) is 1.91. The van der Waals surface area contributed by atoms with E-state index in [2.05, 4.69) is 0 Å². The predicted octanol–water partition coefficient (Wildman–Crippen LogP) is 3.17. The highest BCUT2D eigenvalue weighted by atomic mass is 19.1. The summed E-state index contributed by atoms with van der Waals surface area (Å²) in [6, 6.07) is 6.28. The second-order valence-electron chi connectivity index (χ2n) is 2.99. The first kappa shape index (κ1) is 8.10. The fourth-order valence-electron chi connectivity index (χ4n) is 1.25. The average Bonchev–Trinajstić information content (AvgIpc) is 2.46. The predicted molar refractivity (Wildman–Crippen MR) is 47.4 cm³/mol. The van der Waals surface area contributed by atoms with Crippen LogP contribution in [0.3, 0.4) is 0 Å². The number of furan rings is 1. The standard InChI is InChI=1S/C10H9FO2/c1-6(11)10-5-7-4-8(12)2-3-9(7)13-10/h2-6,12H,1H3. The van der Waals surface area contributed by atoms with Crippen LogP contribution in [0.2, 0.25) is 0 Å². The highest BCUT2D eigenvalue weighted by Gasteiger charge is 2.09. The Morgan fingerprint density at radius 1 is 1.38 bits per heavy atom. The summed E-state index contributed by atoms with van der Waals surface area (Å²) in [5, 5.41) is 9.86. The van der Waals surface area contributed by atoms with Gasteiger partial charge >= 0.3 is 0 Å². The number of hydrogen-bond donors (Lipinski definition) is 1. The zero-order chi connectivity index (χ0) is 9.42. The molecule has 2 rings (SSSR count). The third-order valence-electron chi connectivity index (χ3n) is 1.91. The van der Waals surface area contributed by atoms with Gasteiger partial charge in [0, 0.05) is 5.39 Å². The van der Waals surface area contributed by atoms with E-state index in [-0.39, 0.29) is 5.75 Å². The molecule has 13 heavy (non-hydrogen) atoms. The van der Waals surface area contributed by atoms with E-state index in [1.807, 2.05) is 0 Å². The minimum atomic E-state index is -1.12.